The quantitative estimate of drug-likeness (QED) is 0.611. The topological polar surface area (TPSA) is 26.3 Å². The summed E-state index contributed by atoms with van der Waals surface area (Å²) in [7, 11) is 0. The first-order valence-electron chi connectivity index (χ1n) is 5.10. The molecule has 1 atom stereocenters. The minimum Gasteiger partial charge on any atom is -0.493 e. The van der Waals surface area contributed by atoms with Crippen LogP contribution in [0.1, 0.15) is 29.8 Å². The van der Waals surface area contributed by atoms with Gasteiger partial charge in [0.05, 0.1) is 17.5 Å². The van der Waals surface area contributed by atoms with E-state index < -0.39 is 5.38 Å². The summed E-state index contributed by atoms with van der Waals surface area (Å²) in [6.07, 6.45) is 0. The van der Waals surface area contributed by atoms with Gasteiger partial charge in [-0.2, -0.15) is 0 Å². The van der Waals surface area contributed by atoms with Crippen molar-refractivity contribution in [1.82, 2.24) is 0 Å². The summed E-state index contributed by atoms with van der Waals surface area (Å²) < 4.78 is 5.45. The highest BCUT2D eigenvalue weighted by atomic mass is 79.9. The van der Waals surface area contributed by atoms with Gasteiger partial charge in [0.25, 0.3) is 0 Å². The van der Waals surface area contributed by atoms with Gasteiger partial charge in [0.1, 0.15) is 5.75 Å². The number of Topliss-reactive ketones (excluding diaryl/α,β-unsaturated/α-hetero) is 1. The molecular weight excluding hydrogens is 291 g/mol. The van der Waals surface area contributed by atoms with E-state index in [1.165, 1.54) is 0 Å². The first-order valence-corrected chi connectivity index (χ1v) is 6.66. The molecule has 0 heterocycles. The number of halogens is 2. The summed E-state index contributed by atoms with van der Waals surface area (Å²) in [6, 6.07) is 5.53. The first kappa shape index (κ1) is 13.5. The molecule has 1 rings (SSSR count). The zero-order valence-electron chi connectivity index (χ0n) is 9.30. The normalized spacial score (nSPS) is 12.2. The molecule has 0 spiro atoms. The molecule has 1 unspecified atom stereocenters. The zero-order valence-corrected chi connectivity index (χ0v) is 11.6. The molecule has 0 aliphatic heterocycles. The molecule has 0 radical (unpaired) electrons. The second-order valence-electron chi connectivity index (χ2n) is 3.38. The Morgan fingerprint density at radius 2 is 2.25 bits per heavy atom. The monoisotopic (exact) mass is 304 g/mol. The van der Waals surface area contributed by atoms with E-state index >= 15 is 0 Å². The number of benzene rings is 1. The predicted molar refractivity (Wildman–Crippen MR) is 69.9 cm³/mol. The number of hydrogen-bond acceptors (Lipinski definition) is 2. The highest BCUT2D eigenvalue weighted by Crippen LogP contribution is 2.24. The Hall–Kier alpha value is -0.540. The van der Waals surface area contributed by atoms with Crippen LogP contribution in [0.4, 0.5) is 0 Å². The van der Waals surface area contributed by atoms with Crippen LogP contribution in [0.3, 0.4) is 0 Å². The summed E-state index contributed by atoms with van der Waals surface area (Å²) in [5.74, 6) is 0.503. The van der Waals surface area contributed by atoms with Crippen molar-refractivity contribution in [2.24, 2.45) is 0 Å². The van der Waals surface area contributed by atoms with Gasteiger partial charge in [-0.25, -0.2) is 0 Å². The molecule has 1 aromatic carbocycles. The highest BCUT2D eigenvalue weighted by Gasteiger charge is 2.17. The van der Waals surface area contributed by atoms with E-state index in [4.69, 9.17) is 16.3 Å². The lowest BCUT2D eigenvalue weighted by atomic mass is 10.1. The molecule has 0 aliphatic carbocycles. The summed E-state index contributed by atoms with van der Waals surface area (Å²) in [5, 5.41) is 0.201. The standard InChI is InChI=1S/C12H14BrClO2/c1-3-16-11-6-9(7-13)4-5-10(11)12(15)8(2)14/h4-6,8H,3,7H2,1-2H3. The fourth-order valence-electron chi connectivity index (χ4n) is 1.34. The SMILES string of the molecule is CCOc1cc(CBr)ccc1C(=O)C(C)Cl. The van der Waals surface area contributed by atoms with Crippen molar-refractivity contribution in [3.8, 4) is 5.75 Å². The van der Waals surface area contributed by atoms with Crippen molar-refractivity contribution in [2.45, 2.75) is 24.6 Å². The van der Waals surface area contributed by atoms with E-state index in [0.29, 0.717) is 17.9 Å². The van der Waals surface area contributed by atoms with Crippen molar-refractivity contribution in [3.63, 3.8) is 0 Å². The van der Waals surface area contributed by atoms with Gasteiger partial charge in [-0.3, -0.25) is 4.79 Å². The molecule has 88 valence electrons. The molecule has 0 saturated heterocycles. The third-order valence-electron chi connectivity index (χ3n) is 2.13. The molecular formula is C12H14BrClO2. The van der Waals surface area contributed by atoms with Gasteiger partial charge in [0.15, 0.2) is 5.78 Å². The van der Waals surface area contributed by atoms with Crippen LogP contribution in [0.15, 0.2) is 18.2 Å². The van der Waals surface area contributed by atoms with Crippen LogP contribution >= 0.6 is 27.5 Å². The maximum absolute atomic E-state index is 11.8. The third-order valence-corrected chi connectivity index (χ3v) is 2.97. The third kappa shape index (κ3) is 3.22. The lowest BCUT2D eigenvalue weighted by Crippen LogP contribution is -2.12. The molecule has 0 N–H and O–H groups in total. The van der Waals surface area contributed by atoms with Crippen LogP contribution in [0.5, 0.6) is 5.75 Å². The minimum absolute atomic E-state index is 0.105. The minimum atomic E-state index is -0.533. The molecule has 0 amide bonds. The second kappa shape index (κ2) is 6.26. The average Bonchev–Trinajstić information content (AvgIpc) is 2.28. The molecule has 0 aliphatic rings. The first-order chi connectivity index (χ1) is 7.60. The van der Waals surface area contributed by atoms with Gasteiger partial charge < -0.3 is 4.74 Å². The number of hydrogen-bond donors (Lipinski definition) is 0. The summed E-state index contributed by atoms with van der Waals surface area (Å²) >= 11 is 9.16. The number of ketones is 1. The van der Waals surface area contributed by atoms with Crippen molar-refractivity contribution in [3.05, 3.63) is 29.3 Å². The largest absolute Gasteiger partial charge is 0.493 e. The lowest BCUT2D eigenvalue weighted by Gasteiger charge is -2.11. The number of carbonyl (C=O) groups excluding carboxylic acids is 1. The van der Waals surface area contributed by atoms with Gasteiger partial charge in [-0.15, -0.1) is 11.6 Å². The van der Waals surface area contributed by atoms with Gasteiger partial charge >= 0.3 is 0 Å². The maximum Gasteiger partial charge on any atom is 0.184 e. The van der Waals surface area contributed by atoms with E-state index in [1.807, 2.05) is 19.1 Å². The molecule has 0 saturated carbocycles. The average molecular weight is 306 g/mol. The van der Waals surface area contributed by atoms with Crippen molar-refractivity contribution in [1.29, 1.82) is 0 Å². The van der Waals surface area contributed by atoms with Gasteiger partial charge in [0.2, 0.25) is 0 Å². The zero-order chi connectivity index (χ0) is 12.1. The van der Waals surface area contributed by atoms with Crippen LogP contribution in [-0.4, -0.2) is 17.8 Å². The molecule has 0 bridgehead atoms. The summed E-state index contributed by atoms with van der Waals surface area (Å²) in [5.41, 5.74) is 1.62. The van der Waals surface area contributed by atoms with Crippen LogP contribution in [0.2, 0.25) is 0 Å². The van der Waals surface area contributed by atoms with Gasteiger partial charge in [-0.05, 0) is 31.5 Å². The van der Waals surface area contributed by atoms with Crippen LogP contribution < -0.4 is 4.74 Å². The lowest BCUT2D eigenvalue weighted by molar-refractivity contribution is 0.0988. The van der Waals surface area contributed by atoms with Crippen LogP contribution in [0, 0.1) is 0 Å². The number of carbonyl (C=O) groups is 1. The summed E-state index contributed by atoms with van der Waals surface area (Å²) in [6.45, 7) is 4.08. The van der Waals surface area contributed by atoms with Crippen LogP contribution in [-0.2, 0) is 5.33 Å². The Balaban J connectivity index is 3.12. The highest BCUT2D eigenvalue weighted by molar-refractivity contribution is 9.08. The molecule has 0 aromatic heterocycles. The molecule has 4 heteroatoms. The number of alkyl halides is 2. The van der Waals surface area contributed by atoms with Gasteiger partial charge in [-0.1, -0.05) is 22.0 Å². The number of rotatable bonds is 5. The Morgan fingerprint density at radius 1 is 1.56 bits per heavy atom. The maximum atomic E-state index is 11.8. The van der Waals surface area contributed by atoms with Crippen molar-refractivity contribution < 1.29 is 9.53 Å². The Labute approximate surface area is 109 Å². The smallest absolute Gasteiger partial charge is 0.184 e. The van der Waals surface area contributed by atoms with E-state index in [2.05, 4.69) is 15.9 Å². The fraction of sp³-hybridized carbons (Fsp3) is 0.417. The van der Waals surface area contributed by atoms with E-state index in [1.54, 1.807) is 13.0 Å². The van der Waals surface area contributed by atoms with E-state index in [-0.39, 0.29) is 5.78 Å². The van der Waals surface area contributed by atoms with E-state index in [9.17, 15) is 4.79 Å². The fourth-order valence-corrected chi connectivity index (χ4v) is 1.81. The Bertz CT molecular complexity index is 377. The predicted octanol–water partition coefficient (Wildman–Crippen LogP) is 3.79. The van der Waals surface area contributed by atoms with Gasteiger partial charge in [0, 0.05) is 5.33 Å². The number of ether oxygens (including phenoxy) is 1. The Kier molecular flexibility index (Phi) is 5.29. The molecule has 2 nitrogen and oxygen atoms in total. The van der Waals surface area contributed by atoms with Crippen molar-refractivity contribution >= 4 is 33.3 Å². The van der Waals surface area contributed by atoms with Crippen LogP contribution in [0.25, 0.3) is 0 Å². The molecule has 1 aromatic rings. The summed E-state index contributed by atoms with van der Waals surface area (Å²) in [4.78, 5) is 11.8. The second-order valence-corrected chi connectivity index (χ2v) is 4.59. The Morgan fingerprint density at radius 3 is 2.75 bits per heavy atom. The molecule has 0 fully saturated rings. The van der Waals surface area contributed by atoms with Crippen molar-refractivity contribution in [2.75, 3.05) is 6.61 Å². The molecule has 16 heavy (non-hydrogen) atoms. The van der Waals surface area contributed by atoms with E-state index in [0.717, 1.165) is 10.9 Å².